The van der Waals surface area contributed by atoms with Gasteiger partial charge in [0, 0.05) is 26.0 Å². The molecule has 1 aromatic rings. The van der Waals surface area contributed by atoms with Gasteiger partial charge in [-0.1, -0.05) is 0 Å². The topological polar surface area (TPSA) is 47.3 Å². The molecule has 4 nitrogen and oxygen atoms in total. The second kappa shape index (κ2) is 5.73. The maximum atomic E-state index is 6.03. The largest absolute Gasteiger partial charge is 0.445 e. The normalized spacial score (nSPS) is 36.1. The number of hydrogen-bond acceptors (Lipinski definition) is 4. The maximum Gasteiger partial charge on any atom is 0.194 e. The third kappa shape index (κ3) is 2.53. The lowest BCUT2D eigenvalue weighted by Crippen LogP contribution is -2.20. The molecule has 1 heterocycles. The van der Waals surface area contributed by atoms with Crippen molar-refractivity contribution >= 4 is 0 Å². The molecule has 2 bridgehead atoms. The van der Waals surface area contributed by atoms with Crippen LogP contribution in [0.4, 0.5) is 0 Å². The van der Waals surface area contributed by atoms with E-state index in [2.05, 4.69) is 10.3 Å². The molecule has 1 N–H and O–H groups in total. The summed E-state index contributed by atoms with van der Waals surface area (Å²) in [4.78, 5) is 4.49. The minimum Gasteiger partial charge on any atom is -0.445 e. The number of nitrogens with one attached hydrogen (secondary N) is 1. The Morgan fingerprint density at radius 3 is 2.86 bits per heavy atom. The van der Waals surface area contributed by atoms with Gasteiger partial charge in [-0.3, -0.25) is 0 Å². The lowest BCUT2D eigenvalue weighted by atomic mass is 10.0. The molecular weight excluding hydrogens is 264 g/mol. The number of fused-ring (bicyclic) bond motifs is 5. The minimum absolute atomic E-state index is 0.720. The fraction of sp³-hybridized carbons (Fsp3) is 0.824. The first-order valence-electron chi connectivity index (χ1n) is 8.52. The fourth-order valence-electron chi connectivity index (χ4n) is 4.96. The zero-order chi connectivity index (χ0) is 14.2. The number of aryl methyl sites for hydroxylation is 1. The van der Waals surface area contributed by atoms with Crippen LogP contribution < -0.4 is 5.32 Å². The summed E-state index contributed by atoms with van der Waals surface area (Å²) in [5.74, 6) is 6.73. The summed E-state index contributed by atoms with van der Waals surface area (Å²) in [5, 5.41) is 3.36. The van der Waals surface area contributed by atoms with Gasteiger partial charge in [0.05, 0.1) is 12.8 Å². The van der Waals surface area contributed by atoms with Crippen LogP contribution in [0.25, 0.3) is 0 Å². The molecule has 21 heavy (non-hydrogen) atoms. The quantitative estimate of drug-likeness (QED) is 0.748. The van der Waals surface area contributed by atoms with Crippen molar-refractivity contribution < 1.29 is 9.15 Å². The molecule has 1 aromatic heterocycles. The number of ether oxygens (including phenoxy) is 1. The van der Waals surface area contributed by atoms with Crippen molar-refractivity contribution in [1.82, 2.24) is 10.3 Å². The van der Waals surface area contributed by atoms with Gasteiger partial charge >= 0.3 is 0 Å². The van der Waals surface area contributed by atoms with E-state index in [-0.39, 0.29) is 0 Å². The van der Waals surface area contributed by atoms with Crippen molar-refractivity contribution in [2.75, 3.05) is 26.8 Å². The van der Waals surface area contributed by atoms with E-state index in [0.29, 0.717) is 0 Å². The Balaban J connectivity index is 1.24. The third-order valence-corrected chi connectivity index (χ3v) is 5.86. The van der Waals surface area contributed by atoms with E-state index in [1.54, 1.807) is 7.11 Å². The first kappa shape index (κ1) is 13.8. The van der Waals surface area contributed by atoms with Crippen LogP contribution in [0, 0.1) is 23.7 Å². The number of nitrogens with zero attached hydrogens (tertiary/aromatic N) is 1. The van der Waals surface area contributed by atoms with Crippen molar-refractivity contribution in [2.45, 2.75) is 38.0 Å². The van der Waals surface area contributed by atoms with Crippen LogP contribution >= 0.6 is 0 Å². The Bertz CT molecular complexity index is 471. The van der Waals surface area contributed by atoms with Gasteiger partial charge in [0.15, 0.2) is 5.89 Å². The van der Waals surface area contributed by atoms with Gasteiger partial charge in [0.2, 0.25) is 0 Å². The van der Waals surface area contributed by atoms with Crippen molar-refractivity contribution in [3.05, 3.63) is 17.8 Å². The molecule has 116 valence electrons. The van der Waals surface area contributed by atoms with Crippen molar-refractivity contribution in [1.29, 1.82) is 0 Å². The molecule has 0 spiro atoms. The summed E-state index contributed by atoms with van der Waals surface area (Å²) < 4.78 is 11.0. The number of methoxy groups -OCH3 is 1. The van der Waals surface area contributed by atoms with Crippen molar-refractivity contribution in [2.24, 2.45) is 23.7 Å². The van der Waals surface area contributed by atoms with Crippen LogP contribution in [-0.2, 0) is 11.2 Å². The maximum absolute atomic E-state index is 6.03. The monoisotopic (exact) mass is 290 g/mol. The Morgan fingerprint density at radius 2 is 2.10 bits per heavy atom. The SMILES string of the molecule is COCCNCCCc1ncc(C2C3C4CCC(C4)C23)o1. The van der Waals surface area contributed by atoms with Crippen molar-refractivity contribution in [3.8, 4) is 0 Å². The van der Waals surface area contributed by atoms with E-state index in [9.17, 15) is 0 Å². The molecule has 0 saturated heterocycles. The highest BCUT2D eigenvalue weighted by molar-refractivity contribution is 5.25. The molecule has 0 radical (unpaired) electrons. The van der Waals surface area contributed by atoms with Crippen LogP contribution in [0.3, 0.4) is 0 Å². The number of aromatic nitrogens is 1. The molecule has 0 aliphatic heterocycles. The smallest absolute Gasteiger partial charge is 0.194 e. The molecule has 4 rings (SSSR count). The second-order valence-electron chi connectivity index (χ2n) is 7.02. The first-order valence-corrected chi connectivity index (χ1v) is 8.52. The highest BCUT2D eigenvalue weighted by Gasteiger charge is 2.66. The summed E-state index contributed by atoms with van der Waals surface area (Å²) in [6.07, 6.45) is 8.46. The van der Waals surface area contributed by atoms with Crippen LogP contribution in [0.2, 0.25) is 0 Å². The van der Waals surface area contributed by atoms with E-state index in [1.807, 2.05) is 6.20 Å². The lowest BCUT2D eigenvalue weighted by molar-refractivity contribution is 0.199. The van der Waals surface area contributed by atoms with Gasteiger partial charge in [-0.05, 0) is 55.9 Å². The number of hydrogen-bond donors (Lipinski definition) is 1. The van der Waals surface area contributed by atoms with Gasteiger partial charge in [0.1, 0.15) is 5.76 Å². The first-order chi connectivity index (χ1) is 10.4. The molecule has 3 aliphatic rings. The Morgan fingerprint density at radius 1 is 1.29 bits per heavy atom. The second-order valence-corrected chi connectivity index (χ2v) is 7.02. The van der Waals surface area contributed by atoms with Crippen LogP contribution in [0.15, 0.2) is 10.6 Å². The average molecular weight is 290 g/mol. The van der Waals surface area contributed by atoms with Crippen LogP contribution in [0.1, 0.15) is 43.3 Å². The van der Waals surface area contributed by atoms with E-state index in [4.69, 9.17) is 9.15 Å². The molecule has 3 aliphatic carbocycles. The van der Waals surface area contributed by atoms with E-state index in [1.165, 1.54) is 25.0 Å². The Labute approximate surface area is 126 Å². The molecule has 4 heteroatoms. The van der Waals surface area contributed by atoms with Gasteiger partial charge in [-0.2, -0.15) is 0 Å². The van der Waals surface area contributed by atoms with Gasteiger partial charge in [0.25, 0.3) is 0 Å². The molecular formula is C17H26N2O2. The average Bonchev–Trinajstić information content (AvgIpc) is 2.89. The molecule has 0 amide bonds. The third-order valence-electron chi connectivity index (χ3n) is 5.86. The van der Waals surface area contributed by atoms with Crippen molar-refractivity contribution in [3.63, 3.8) is 0 Å². The van der Waals surface area contributed by atoms with E-state index < -0.39 is 0 Å². The summed E-state index contributed by atoms with van der Waals surface area (Å²) in [7, 11) is 1.73. The predicted octanol–water partition coefficient (Wildman–Crippen LogP) is 2.60. The van der Waals surface area contributed by atoms with E-state index in [0.717, 1.165) is 68.0 Å². The molecule has 3 saturated carbocycles. The zero-order valence-electron chi connectivity index (χ0n) is 12.9. The number of rotatable bonds is 8. The zero-order valence-corrected chi connectivity index (χ0v) is 12.9. The van der Waals surface area contributed by atoms with Gasteiger partial charge in [-0.15, -0.1) is 0 Å². The highest BCUT2D eigenvalue weighted by Crippen LogP contribution is 2.73. The summed E-state index contributed by atoms with van der Waals surface area (Å²) >= 11 is 0. The van der Waals surface area contributed by atoms with Gasteiger partial charge in [-0.25, -0.2) is 4.98 Å². The fourth-order valence-corrected chi connectivity index (χ4v) is 4.96. The Hall–Kier alpha value is -0.870. The highest BCUT2D eigenvalue weighted by atomic mass is 16.5. The minimum atomic E-state index is 0.720. The molecule has 4 unspecified atom stereocenters. The molecule has 4 atom stereocenters. The van der Waals surface area contributed by atoms with Crippen LogP contribution in [-0.4, -0.2) is 31.8 Å². The summed E-state index contributed by atoms with van der Waals surface area (Å²) in [6.45, 7) is 2.69. The van der Waals surface area contributed by atoms with Gasteiger partial charge < -0.3 is 14.5 Å². The lowest BCUT2D eigenvalue weighted by Gasteiger charge is -2.05. The van der Waals surface area contributed by atoms with E-state index >= 15 is 0 Å². The Kier molecular flexibility index (Phi) is 3.76. The summed E-state index contributed by atoms with van der Waals surface area (Å²) in [5.41, 5.74) is 0. The predicted molar refractivity (Wildman–Crippen MR) is 80.1 cm³/mol. The van der Waals surface area contributed by atoms with Crippen LogP contribution in [0.5, 0.6) is 0 Å². The summed E-state index contributed by atoms with van der Waals surface area (Å²) in [6, 6.07) is 0. The molecule has 0 aromatic carbocycles. The standard InChI is InChI=1S/C17H26N2O2/c1-20-8-7-18-6-2-3-14-19-10-13(21-14)17-15-11-4-5-12(9-11)16(15)17/h10-12,15-18H,2-9H2,1H3. The number of oxazole rings is 1. The molecule has 3 fully saturated rings.